The highest BCUT2D eigenvalue weighted by Crippen LogP contribution is 2.16. The average Bonchev–Trinajstić information content (AvgIpc) is 3.35. The first-order valence-electron chi connectivity index (χ1n) is 12.0. The molecule has 9 heteroatoms. The maximum absolute atomic E-state index is 12.6. The monoisotopic (exact) mass is 573 g/mol. The largest absolute Gasteiger partial charge is 0.381 e. The molecule has 2 N–H and O–H groups in total. The smallest absolute Gasteiger partial charge is 0.224 e. The number of carbonyl (C=O) groups is 1. The average molecular weight is 574 g/mol. The van der Waals surface area contributed by atoms with Crippen molar-refractivity contribution in [3.63, 3.8) is 0 Å². The van der Waals surface area contributed by atoms with E-state index in [1.54, 1.807) is 0 Å². The Morgan fingerprint density at radius 2 is 1.97 bits per heavy atom. The minimum Gasteiger partial charge on any atom is -0.381 e. The summed E-state index contributed by atoms with van der Waals surface area (Å²) in [6.45, 7) is 10.6. The van der Waals surface area contributed by atoms with Gasteiger partial charge in [-0.1, -0.05) is 18.2 Å². The first kappa shape index (κ1) is 27.7. The van der Waals surface area contributed by atoms with Crippen LogP contribution in [-0.2, 0) is 14.3 Å². The zero-order valence-electron chi connectivity index (χ0n) is 19.8. The van der Waals surface area contributed by atoms with Gasteiger partial charge in [0, 0.05) is 77.1 Å². The number of aliphatic imine (C=N–C) groups is 1. The number of piperazine rings is 1. The Bertz CT molecular complexity index is 693. The van der Waals surface area contributed by atoms with E-state index >= 15 is 0 Å². The van der Waals surface area contributed by atoms with Gasteiger partial charge in [0.2, 0.25) is 5.91 Å². The summed E-state index contributed by atoms with van der Waals surface area (Å²) in [5.74, 6) is 1.51. The first-order chi connectivity index (χ1) is 15.8. The van der Waals surface area contributed by atoms with Crippen molar-refractivity contribution in [1.29, 1.82) is 0 Å². The van der Waals surface area contributed by atoms with E-state index < -0.39 is 0 Å². The molecule has 1 aromatic rings. The second-order valence-corrected chi connectivity index (χ2v) is 8.30. The Hall–Kier alpha value is -1.59. The molecular weight excluding hydrogens is 533 g/mol. The molecule has 0 saturated carbocycles. The van der Waals surface area contributed by atoms with Crippen LogP contribution in [0.4, 0.5) is 5.69 Å². The quantitative estimate of drug-likeness (QED) is 0.183. The van der Waals surface area contributed by atoms with Crippen LogP contribution in [0.5, 0.6) is 0 Å². The summed E-state index contributed by atoms with van der Waals surface area (Å²) in [6, 6.07) is 10.4. The van der Waals surface area contributed by atoms with E-state index in [0.717, 1.165) is 71.3 Å². The van der Waals surface area contributed by atoms with E-state index in [0.29, 0.717) is 32.0 Å². The van der Waals surface area contributed by atoms with Gasteiger partial charge in [0.1, 0.15) is 0 Å². The Morgan fingerprint density at radius 1 is 1.18 bits per heavy atom. The Labute approximate surface area is 215 Å². The summed E-state index contributed by atoms with van der Waals surface area (Å²) in [5, 5.41) is 6.53. The third-order valence-corrected chi connectivity index (χ3v) is 5.82. The number of nitrogens with one attached hydrogen (secondary N) is 2. The van der Waals surface area contributed by atoms with Gasteiger partial charge in [-0.05, 0) is 31.9 Å². The molecule has 1 unspecified atom stereocenters. The summed E-state index contributed by atoms with van der Waals surface area (Å²) in [7, 11) is 0. The SMILES string of the molecule is CCNC(=NCCCOCC1CCOC1)NCCC(=O)N1CCN(c2ccccc2)CC1.I. The van der Waals surface area contributed by atoms with Crippen LogP contribution in [0, 0.1) is 5.92 Å². The molecule has 0 bridgehead atoms. The normalized spacial score (nSPS) is 18.7. The van der Waals surface area contributed by atoms with Crippen molar-refractivity contribution in [2.24, 2.45) is 10.9 Å². The van der Waals surface area contributed by atoms with Gasteiger partial charge in [-0.15, -0.1) is 24.0 Å². The van der Waals surface area contributed by atoms with Crippen LogP contribution in [-0.4, -0.2) is 89.0 Å². The number of ether oxygens (including phenoxy) is 2. The van der Waals surface area contributed by atoms with Crippen molar-refractivity contribution >= 4 is 41.5 Å². The van der Waals surface area contributed by atoms with Crippen LogP contribution < -0.4 is 15.5 Å². The maximum Gasteiger partial charge on any atom is 0.224 e. The maximum atomic E-state index is 12.6. The van der Waals surface area contributed by atoms with Crippen molar-refractivity contribution < 1.29 is 14.3 Å². The van der Waals surface area contributed by atoms with Crippen LogP contribution in [0.3, 0.4) is 0 Å². The third-order valence-electron chi connectivity index (χ3n) is 5.82. The van der Waals surface area contributed by atoms with Crippen LogP contribution in [0.2, 0.25) is 0 Å². The number of hydrogen-bond acceptors (Lipinski definition) is 5. The molecule has 1 amide bonds. The van der Waals surface area contributed by atoms with Gasteiger partial charge in [0.15, 0.2) is 5.96 Å². The molecule has 0 radical (unpaired) electrons. The standard InChI is InChI=1S/C24H39N5O3.HI/c1-2-25-24(26-11-6-17-31-19-21-10-18-32-20-21)27-12-9-23(30)29-15-13-28(14-16-29)22-7-4-3-5-8-22;/h3-5,7-8,21H,2,6,9-20H2,1H3,(H2,25,26,27);1H. The van der Waals surface area contributed by atoms with Gasteiger partial charge in [-0.25, -0.2) is 0 Å². The predicted molar refractivity (Wildman–Crippen MR) is 144 cm³/mol. The number of anilines is 1. The number of hydrogen-bond donors (Lipinski definition) is 2. The number of nitrogens with zero attached hydrogens (tertiary/aromatic N) is 3. The lowest BCUT2D eigenvalue weighted by atomic mass is 10.1. The molecule has 186 valence electrons. The molecule has 2 saturated heterocycles. The summed E-state index contributed by atoms with van der Waals surface area (Å²) < 4.78 is 11.1. The van der Waals surface area contributed by atoms with Crippen molar-refractivity contribution in [3.8, 4) is 0 Å². The summed E-state index contributed by atoms with van der Waals surface area (Å²) >= 11 is 0. The molecule has 1 aromatic carbocycles. The Balaban J connectivity index is 0.00000385. The lowest BCUT2D eigenvalue weighted by Crippen LogP contribution is -2.49. The first-order valence-corrected chi connectivity index (χ1v) is 12.0. The molecule has 2 aliphatic heterocycles. The minimum absolute atomic E-state index is 0. The van der Waals surface area contributed by atoms with Crippen molar-refractivity contribution in [3.05, 3.63) is 30.3 Å². The molecule has 1 atom stereocenters. The van der Waals surface area contributed by atoms with Gasteiger partial charge in [-0.2, -0.15) is 0 Å². The molecule has 2 aliphatic rings. The van der Waals surface area contributed by atoms with Crippen LogP contribution in [0.15, 0.2) is 35.3 Å². The fraction of sp³-hybridized carbons (Fsp3) is 0.667. The lowest BCUT2D eigenvalue weighted by Gasteiger charge is -2.36. The lowest BCUT2D eigenvalue weighted by molar-refractivity contribution is -0.131. The van der Waals surface area contributed by atoms with Crippen LogP contribution >= 0.6 is 24.0 Å². The van der Waals surface area contributed by atoms with E-state index in [4.69, 9.17) is 9.47 Å². The molecule has 33 heavy (non-hydrogen) atoms. The summed E-state index contributed by atoms with van der Waals surface area (Å²) in [4.78, 5) is 21.5. The Morgan fingerprint density at radius 3 is 2.67 bits per heavy atom. The topological polar surface area (TPSA) is 78.4 Å². The molecule has 0 aliphatic carbocycles. The number of para-hydroxylation sites is 1. The molecule has 2 heterocycles. The van der Waals surface area contributed by atoms with Crippen molar-refractivity contribution in [2.45, 2.75) is 26.2 Å². The zero-order chi connectivity index (χ0) is 22.4. The predicted octanol–water partition coefficient (Wildman–Crippen LogP) is 2.34. The van der Waals surface area contributed by atoms with Crippen LogP contribution in [0.25, 0.3) is 0 Å². The highest BCUT2D eigenvalue weighted by molar-refractivity contribution is 14.0. The molecule has 8 nitrogen and oxygen atoms in total. The van der Waals surface area contributed by atoms with E-state index in [1.807, 2.05) is 17.9 Å². The summed E-state index contributed by atoms with van der Waals surface area (Å²) in [5.41, 5.74) is 1.23. The van der Waals surface area contributed by atoms with E-state index in [-0.39, 0.29) is 29.9 Å². The third kappa shape index (κ3) is 10.1. The van der Waals surface area contributed by atoms with Gasteiger partial charge >= 0.3 is 0 Å². The number of halogens is 1. The minimum atomic E-state index is 0. The molecular formula is C24H40IN5O3. The second-order valence-electron chi connectivity index (χ2n) is 8.30. The van der Waals surface area contributed by atoms with Gasteiger partial charge in [0.05, 0.1) is 13.2 Å². The number of carbonyl (C=O) groups excluding carboxylic acids is 1. The van der Waals surface area contributed by atoms with E-state index in [1.165, 1.54) is 5.69 Å². The number of guanidine groups is 1. The Kier molecular flexibility index (Phi) is 13.5. The highest BCUT2D eigenvalue weighted by Gasteiger charge is 2.21. The van der Waals surface area contributed by atoms with Gasteiger partial charge in [-0.3, -0.25) is 9.79 Å². The van der Waals surface area contributed by atoms with Crippen molar-refractivity contribution in [2.75, 3.05) is 77.1 Å². The number of benzene rings is 1. The number of amides is 1. The molecule has 0 spiro atoms. The zero-order valence-corrected chi connectivity index (χ0v) is 22.2. The van der Waals surface area contributed by atoms with E-state index in [2.05, 4.69) is 44.8 Å². The van der Waals surface area contributed by atoms with E-state index in [9.17, 15) is 4.79 Å². The molecule has 2 fully saturated rings. The second kappa shape index (κ2) is 16.1. The van der Waals surface area contributed by atoms with Gasteiger partial charge < -0.3 is 29.9 Å². The van der Waals surface area contributed by atoms with Crippen molar-refractivity contribution in [1.82, 2.24) is 15.5 Å². The molecule has 0 aromatic heterocycles. The fourth-order valence-electron chi connectivity index (χ4n) is 3.96. The summed E-state index contributed by atoms with van der Waals surface area (Å²) in [6.07, 6.45) is 2.46. The van der Waals surface area contributed by atoms with Crippen LogP contribution in [0.1, 0.15) is 26.2 Å². The fourth-order valence-corrected chi connectivity index (χ4v) is 3.96. The highest BCUT2D eigenvalue weighted by atomic mass is 127. The number of rotatable bonds is 11. The molecule has 3 rings (SSSR count). The van der Waals surface area contributed by atoms with Gasteiger partial charge in [0.25, 0.3) is 0 Å².